The van der Waals surface area contributed by atoms with E-state index < -0.39 is 0 Å². The van der Waals surface area contributed by atoms with E-state index in [4.69, 9.17) is 22.1 Å². The topological polar surface area (TPSA) is 38.5 Å². The Balaban J connectivity index is 2.44. The van der Waals surface area contributed by atoms with Crippen LogP contribution in [-0.2, 0) is 0 Å². The first-order valence-corrected chi connectivity index (χ1v) is 6.33. The number of halogens is 1. The Morgan fingerprint density at radius 2 is 2.29 bits per heavy atom. The molecule has 2 N–H and O–H groups in total. The average Bonchev–Trinajstić information content (AvgIpc) is 2.33. The van der Waals surface area contributed by atoms with Gasteiger partial charge in [-0.2, -0.15) is 0 Å². The van der Waals surface area contributed by atoms with E-state index in [1.165, 1.54) is 11.3 Å². The lowest BCUT2D eigenvalue weighted by atomic mass is 9.87. The molecule has 17 heavy (non-hydrogen) atoms. The molecule has 1 aromatic rings. The van der Waals surface area contributed by atoms with Gasteiger partial charge in [-0.25, -0.2) is 0 Å². The van der Waals surface area contributed by atoms with Gasteiger partial charge >= 0.3 is 0 Å². The minimum absolute atomic E-state index is 0.525. The van der Waals surface area contributed by atoms with Crippen molar-refractivity contribution in [3.05, 3.63) is 22.7 Å². The summed E-state index contributed by atoms with van der Waals surface area (Å²) in [7, 11) is 3.75. The summed E-state index contributed by atoms with van der Waals surface area (Å²) in [4.78, 5) is 2.24. The Hall–Kier alpha value is -0.930. The number of nitrogens with two attached hydrogens (primary N) is 1. The zero-order valence-electron chi connectivity index (χ0n) is 10.4. The molecule has 0 spiro atoms. The maximum absolute atomic E-state index is 6.18. The van der Waals surface area contributed by atoms with Crippen LogP contribution in [0, 0.1) is 0 Å². The smallest absolute Gasteiger partial charge is 0.137 e. The van der Waals surface area contributed by atoms with Crippen LogP contribution in [0.4, 0.5) is 5.69 Å². The van der Waals surface area contributed by atoms with E-state index in [-0.39, 0.29) is 0 Å². The quantitative estimate of drug-likeness (QED) is 0.901. The molecular weight excluding hydrogens is 236 g/mol. The molecule has 3 nitrogen and oxygen atoms in total. The van der Waals surface area contributed by atoms with Crippen LogP contribution in [0.1, 0.15) is 24.3 Å². The molecule has 0 radical (unpaired) electrons. The van der Waals surface area contributed by atoms with Crippen molar-refractivity contribution in [3.8, 4) is 5.75 Å². The highest BCUT2D eigenvalue weighted by Gasteiger charge is 2.24. The fourth-order valence-corrected chi connectivity index (χ4v) is 2.73. The number of nitrogens with zero attached hydrogens (tertiary/aromatic N) is 1. The van der Waals surface area contributed by atoms with Crippen LogP contribution >= 0.6 is 11.6 Å². The van der Waals surface area contributed by atoms with Gasteiger partial charge in [-0.05, 0) is 43.0 Å². The van der Waals surface area contributed by atoms with E-state index in [9.17, 15) is 0 Å². The fourth-order valence-electron chi connectivity index (χ4n) is 2.50. The molecule has 1 heterocycles. The average molecular weight is 255 g/mol. The molecule has 0 amide bonds. The zero-order valence-corrected chi connectivity index (χ0v) is 11.1. The summed E-state index contributed by atoms with van der Waals surface area (Å²) in [6.45, 7) is 1.78. The molecule has 2 rings (SSSR count). The van der Waals surface area contributed by atoms with Crippen LogP contribution in [0.25, 0.3) is 0 Å². The third kappa shape index (κ3) is 2.35. The maximum Gasteiger partial charge on any atom is 0.137 e. The van der Waals surface area contributed by atoms with Crippen molar-refractivity contribution in [2.75, 3.05) is 32.1 Å². The SMILES string of the molecule is COc1cc2c(cc1Cl)N(C)CCC2CCN. The Morgan fingerprint density at radius 1 is 1.53 bits per heavy atom. The summed E-state index contributed by atoms with van der Waals surface area (Å²) in [6, 6.07) is 4.06. The number of anilines is 1. The molecule has 1 aromatic carbocycles. The van der Waals surface area contributed by atoms with Crippen molar-refractivity contribution in [2.45, 2.75) is 18.8 Å². The Kier molecular flexibility index (Phi) is 3.79. The van der Waals surface area contributed by atoms with Crippen molar-refractivity contribution in [1.29, 1.82) is 0 Å². The van der Waals surface area contributed by atoms with Gasteiger partial charge in [0.15, 0.2) is 0 Å². The second-order valence-electron chi connectivity index (χ2n) is 4.53. The molecule has 0 fully saturated rings. The normalized spacial score (nSPS) is 19.1. The number of ether oxygens (including phenoxy) is 1. The molecule has 0 aromatic heterocycles. The number of methoxy groups -OCH3 is 1. The largest absolute Gasteiger partial charge is 0.495 e. The molecule has 1 unspecified atom stereocenters. The minimum atomic E-state index is 0.525. The summed E-state index contributed by atoms with van der Waals surface area (Å²) >= 11 is 6.18. The maximum atomic E-state index is 6.18. The molecule has 1 atom stereocenters. The van der Waals surface area contributed by atoms with Crippen LogP contribution in [-0.4, -0.2) is 27.2 Å². The number of hydrogen-bond donors (Lipinski definition) is 1. The summed E-state index contributed by atoms with van der Waals surface area (Å²) in [6.07, 6.45) is 2.16. The number of rotatable bonds is 3. The van der Waals surface area contributed by atoms with Gasteiger partial charge in [-0.3, -0.25) is 0 Å². The highest BCUT2D eigenvalue weighted by atomic mass is 35.5. The van der Waals surface area contributed by atoms with Gasteiger partial charge in [-0.15, -0.1) is 0 Å². The zero-order chi connectivity index (χ0) is 12.4. The standard InChI is InChI=1S/C13H19ClN2O/c1-16-6-4-9(3-5-15)10-7-13(17-2)11(14)8-12(10)16/h7-9H,3-6,15H2,1-2H3. The third-order valence-electron chi connectivity index (χ3n) is 3.48. The van der Waals surface area contributed by atoms with Gasteiger partial charge in [0.05, 0.1) is 12.1 Å². The summed E-state index contributed by atoms with van der Waals surface area (Å²) in [5, 5.41) is 0.673. The number of benzene rings is 1. The van der Waals surface area contributed by atoms with E-state index >= 15 is 0 Å². The molecule has 94 valence electrons. The van der Waals surface area contributed by atoms with Crippen LogP contribution in [0.15, 0.2) is 12.1 Å². The highest BCUT2D eigenvalue weighted by molar-refractivity contribution is 6.32. The summed E-state index contributed by atoms with van der Waals surface area (Å²) in [5.41, 5.74) is 8.20. The van der Waals surface area contributed by atoms with E-state index in [2.05, 4.69) is 18.0 Å². The van der Waals surface area contributed by atoms with Gasteiger partial charge in [0.2, 0.25) is 0 Å². The summed E-state index contributed by atoms with van der Waals surface area (Å²) < 4.78 is 5.29. The lowest BCUT2D eigenvalue weighted by Crippen LogP contribution is -2.28. The molecule has 4 heteroatoms. The van der Waals surface area contributed by atoms with Gasteiger partial charge < -0.3 is 15.4 Å². The van der Waals surface area contributed by atoms with E-state index in [0.29, 0.717) is 10.9 Å². The van der Waals surface area contributed by atoms with Crippen molar-refractivity contribution in [2.24, 2.45) is 5.73 Å². The highest BCUT2D eigenvalue weighted by Crippen LogP contribution is 2.41. The fraction of sp³-hybridized carbons (Fsp3) is 0.538. The van der Waals surface area contributed by atoms with Gasteiger partial charge in [-0.1, -0.05) is 11.6 Å². The Labute approximate surface area is 107 Å². The predicted molar refractivity (Wildman–Crippen MR) is 72.3 cm³/mol. The molecule has 0 bridgehead atoms. The molecular formula is C13H19ClN2O. The van der Waals surface area contributed by atoms with Crippen molar-refractivity contribution >= 4 is 17.3 Å². The second-order valence-corrected chi connectivity index (χ2v) is 4.94. The molecule has 0 saturated heterocycles. The molecule has 0 aliphatic carbocycles. The van der Waals surface area contributed by atoms with Crippen LogP contribution in [0.5, 0.6) is 5.75 Å². The lowest BCUT2D eigenvalue weighted by Gasteiger charge is -2.33. The Bertz CT molecular complexity index is 409. The van der Waals surface area contributed by atoms with Crippen molar-refractivity contribution < 1.29 is 4.74 Å². The van der Waals surface area contributed by atoms with E-state index in [1.54, 1.807) is 7.11 Å². The molecule has 1 aliphatic rings. The Morgan fingerprint density at radius 3 is 2.94 bits per heavy atom. The van der Waals surface area contributed by atoms with Crippen molar-refractivity contribution in [1.82, 2.24) is 0 Å². The third-order valence-corrected chi connectivity index (χ3v) is 3.78. The lowest BCUT2D eigenvalue weighted by molar-refractivity contribution is 0.413. The van der Waals surface area contributed by atoms with E-state index in [0.717, 1.165) is 31.7 Å². The van der Waals surface area contributed by atoms with Crippen LogP contribution in [0.2, 0.25) is 5.02 Å². The number of hydrogen-bond acceptors (Lipinski definition) is 3. The van der Waals surface area contributed by atoms with Gasteiger partial charge in [0.1, 0.15) is 5.75 Å². The first-order chi connectivity index (χ1) is 8.17. The minimum Gasteiger partial charge on any atom is -0.495 e. The van der Waals surface area contributed by atoms with Crippen LogP contribution in [0.3, 0.4) is 0 Å². The van der Waals surface area contributed by atoms with Gasteiger partial charge in [0, 0.05) is 19.3 Å². The monoisotopic (exact) mass is 254 g/mol. The van der Waals surface area contributed by atoms with E-state index in [1.807, 2.05) is 6.07 Å². The second kappa shape index (κ2) is 5.15. The first kappa shape index (κ1) is 12.5. The first-order valence-electron chi connectivity index (χ1n) is 5.96. The number of fused-ring (bicyclic) bond motifs is 1. The van der Waals surface area contributed by atoms with Crippen LogP contribution < -0.4 is 15.4 Å². The van der Waals surface area contributed by atoms with Crippen molar-refractivity contribution in [3.63, 3.8) is 0 Å². The molecule has 0 saturated carbocycles. The van der Waals surface area contributed by atoms with Gasteiger partial charge in [0.25, 0.3) is 0 Å². The molecule has 1 aliphatic heterocycles. The predicted octanol–water partition coefficient (Wildman–Crippen LogP) is 2.62. The summed E-state index contributed by atoms with van der Waals surface area (Å²) in [5.74, 6) is 1.28.